The van der Waals surface area contributed by atoms with Crippen LogP contribution in [-0.4, -0.2) is 38.0 Å². The third-order valence-corrected chi connectivity index (χ3v) is 4.00. The number of para-hydroxylation sites is 1. The van der Waals surface area contributed by atoms with Crippen LogP contribution in [0.1, 0.15) is 29.3 Å². The first-order valence-electron chi connectivity index (χ1n) is 9.40. The molecule has 2 rings (SSSR count). The van der Waals surface area contributed by atoms with E-state index in [1.165, 1.54) is 6.08 Å². The van der Waals surface area contributed by atoms with Gasteiger partial charge in [0.2, 0.25) is 11.8 Å². The highest BCUT2D eigenvalue weighted by atomic mass is 16.5. The second kappa shape index (κ2) is 11.3. The lowest BCUT2D eigenvalue weighted by molar-refractivity contribution is -0.118. The van der Waals surface area contributed by atoms with Gasteiger partial charge in [0.25, 0.3) is 5.91 Å². The molecule has 2 aromatic carbocycles. The smallest absolute Gasteiger partial charge is 0.253 e. The van der Waals surface area contributed by atoms with E-state index in [9.17, 15) is 14.4 Å². The van der Waals surface area contributed by atoms with Crippen molar-refractivity contribution in [3.8, 4) is 11.5 Å². The Morgan fingerprint density at radius 3 is 2.57 bits per heavy atom. The van der Waals surface area contributed by atoms with Crippen LogP contribution in [0.5, 0.6) is 11.5 Å². The minimum atomic E-state index is -0.506. The van der Waals surface area contributed by atoms with Gasteiger partial charge in [-0.1, -0.05) is 18.2 Å². The molecule has 0 heterocycles. The molecule has 0 aliphatic carbocycles. The molecule has 8 heteroatoms. The Balaban J connectivity index is 2.07. The zero-order chi connectivity index (χ0) is 21.9. The summed E-state index contributed by atoms with van der Waals surface area (Å²) in [6, 6.07) is 11.9. The van der Waals surface area contributed by atoms with E-state index in [0.29, 0.717) is 23.8 Å². The predicted molar refractivity (Wildman–Crippen MR) is 114 cm³/mol. The van der Waals surface area contributed by atoms with Gasteiger partial charge in [-0.2, -0.15) is 0 Å². The lowest BCUT2D eigenvalue weighted by Gasteiger charge is -2.10. The first-order chi connectivity index (χ1) is 14.4. The summed E-state index contributed by atoms with van der Waals surface area (Å²) >= 11 is 0. The molecular weight excluding hydrogens is 386 g/mol. The normalized spacial score (nSPS) is 10.5. The average Bonchev–Trinajstić information content (AvgIpc) is 2.72. The molecule has 30 heavy (non-hydrogen) atoms. The van der Waals surface area contributed by atoms with E-state index >= 15 is 0 Å². The van der Waals surface area contributed by atoms with Gasteiger partial charge in [-0.25, -0.2) is 0 Å². The van der Waals surface area contributed by atoms with E-state index in [2.05, 4.69) is 10.6 Å². The first-order valence-corrected chi connectivity index (χ1v) is 9.40. The van der Waals surface area contributed by atoms with Crippen LogP contribution in [0.2, 0.25) is 0 Å². The summed E-state index contributed by atoms with van der Waals surface area (Å²) in [6.07, 6.45) is 3.03. The van der Waals surface area contributed by atoms with Crippen LogP contribution < -0.4 is 25.8 Å². The van der Waals surface area contributed by atoms with Crippen molar-refractivity contribution in [2.24, 2.45) is 5.73 Å². The summed E-state index contributed by atoms with van der Waals surface area (Å²) in [4.78, 5) is 35.5. The largest absolute Gasteiger partial charge is 0.493 e. The van der Waals surface area contributed by atoms with Crippen molar-refractivity contribution in [2.75, 3.05) is 25.6 Å². The minimum absolute atomic E-state index is 0.0363. The predicted octanol–water partition coefficient (Wildman–Crippen LogP) is 2.35. The maximum atomic E-state index is 12.4. The van der Waals surface area contributed by atoms with Crippen molar-refractivity contribution in [3.05, 3.63) is 59.7 Å². The highest BCUT2D eigenvalue weighted by Gasteiger charge is 2.12. The van der Waals surface area contributed by atoms with Crippen LogP contribution in [0.3, 0.4) is 0 Å². The summed E-state index contributed by atoms with van der Waals surface area (Å²) in [6.45, 7) is 2.48. The van der Waals surface area contributed by atoms with Crippen LogP contribution in [-0.2, 0) is 9.59 Å². The molecule has 2 aromatic rings. The monoisotopic (exact) mass is 411 g/mol. The van der Waals surface area contributed by atoms with Crippen molar-refractivity contribution in [2.45, 2.75) is 13.3 Å². The Kier molecular flexibility index (Phi) is 8.43. The van der Waals surface area contributed by atoms with Crippen LogP contribution in [0, 0.1) is 0 Å². The quantitative estimate of drug-likeness (QED) is 0.519. The third-order valence-electron chi connectivity index (χ3n) is 4.00. The summed E-state index contributed by atoms with van der Waals surface area (Å²) in [5.41, 5.74) is 6.46. The molecule has 0 spiro atoms. The molecule has 158 valence electrons. The number of anilines is 1. The molecule has 3 amide bonds. The molecule has 0 saturated carbocycles. The first kappa shape index (κ1) is 22.5. The highest BCUT2D eigenvalue weighted by molar-refractivity contribution is 6.07. The van der Waals surface area contributed by atoms with E-state index in [1.807, 2.05) is 6.92 Å². The third kappa shape index (κ3) is 6.66. The Morgan fingerprint density at radius 2 is 1.87 bits per heavy atom. The molecule has 4 N–H and O–H groups in total. The topological polar surface area (TPSA) is 120 Å². The molecule has 0 radical (unpaired) electrons. The van der Waals surface area contributed by atoms with Crippen molar-refractivity contribution < 1.29 is 23.9 Å². The van der Waals surface area contributed by atoms with Gasteiger partial charge in [0.15, 0.2) is 11.5 Å². The SMILES string of the molecule is CCOc1cc(/C=C/C(=O)Nc2ccccc2C(=O)NCCC(N)=O)ccc1OC. The lowest BCUT2D eigenvalue weighted by atomic mass is 10.1. The molecule has 0 saturated heterocycles. The fourth-order valence-corrected chi connectivity index (χ4v) is 2.60. The highest BCUT2D eigenvalue weighted by Crippen LogP contribution is 2.28. The maximum absolute atomic E-state index is 12.4. The molecular formula is C22H25N3O5. The van der Waals surface area contributed by atoms with Gasteiger partial charge in [-0.15, -0.1) is 0 Å². The number of benzene rings is 2. The molecule has 0 aromatic heterocycles. The van der Waals surface area contributed by atoms with Crippen LogP contribution in [0.25, 0.3) is 6.08 Å². The summed E-state index contributed by atoms with van der Waals surface area (Å²) < 4.78 is 10.8. The molecule has 0 bridgehead atoms. The summed E-state index contributed by atoms with van der Waals surface area (Å²) in [5, 5.41) is 5.28. The standard InChI is InChI=1S/C22H25N3O5/c1-3-30-19-14-15(8-10-18(19)29-2)9-11-21(27)25-17-7-5-4-6-16(17)22(28)24-13-12-20(23)26/h4-11,14H,3,12-13H2,1-2H3,(H2,23,26)(H,24,28)(H,25,27)/b11-9+. The number of nitrogens with two attached hydrogens (primary N) is 1. The van der Waals surface area contributed by atoms with Gasteiger partial charge in [-0.05, 0) is 42.8 Å². The Labute approximate surface area is 175 Å². The number of hydrogen-bond donors (Lipinski definition) is 3. The number of hydrogen-bond acceptors (Lipinski definition) is 5. The Morgan fingerprint density at radius 1 is 1.10 bits per heavy atom. The van der Waals surface area contributed by atoms with Crippen LogP contribution in [0.4, 0.5) is 5.69 Å². The van der Waals surface area contributed by atoms with Crippen LogP contribution in [0.15, 0.2) is 48.5 Å². The Bertz CT molecular complexity index is 940. The maximum Gasteiger partial charge on any atom is 0.253 e. The minimum Gasteiger partial charge on any atom is -0.493 e. The van der Waals surface area contributed by atoms with E-state index in [1.54, 1.807) is 55.7 Å². The van der Waals surface area contributed by atoms with Crippen molar-refractivity contribution >= 4 is 29.5 Å². The van der Waals surface area contributed by atoms with Gasteiger partial charge in [0.1, 0.15) is 0 Å². The van der Waals surface area contributed by atoms with E-state index < -0.39 is 17.7 Å². The molecule has 0 atom stereocenters. The molecule has 8 nitrogen and oxygen atoms in total. The number of methoxy groups -OCH3 is 1. The second-order valence-corrected chi connectivity index (χ2v) is 6.18. The number of carbonyl (C=O) groups is 3. The van der Waals surface area contributed by atoms with Crippen molar-refractivity contribution in [1.29, 1.82) is 0 Å². The fraction of sp³-hybridized carbons (Fsp3) is 0.227. The lowest BCUT2D eigenvalue weighted by Crippen LogP contribution is -2.28. The van der Waals surface area contributed by atoms with E-state index in [0.717, 1.165) is 5.56 Å². The average molecular weight is 411 g/mol. The van der Waals surface area contributed by atoms with E-state index in [4.69, 9.17) is 15.2 Å². The number of carbonyl (C=O) groups excluding carboxylic acids is 3. The zero-order valence-electron chi connectivity index (χ0n) is 16.9. The fourth-order valence-electron chi connectivity index (χ4n) is 2.60. The van der Waals surface area contributed by atoms with Crippen molar-refractivity contribution in [3.63, 3.8) is 0 Å². The number of rotatable bonds is 10. The van der Waals surface area contributed by atoms with Gasteiger partial charge in [0.05, 0.1) is 25.0 Å². The molecule has 0 aliphatic rings. The number of nitrogens with one attached hydrogen (secondary N) is 2. The zero-order valence-corrected chi connectivity index (χ0v) is 16.9. The summed E-state index contributed by atoms with van der Waals surface area (Å²) in [5.74, 6) is -0.128. The van der Waals surface area contributed by atoms with Gasteiger partial charge in [-0.3, -0.25) is 14.4 Å². The molecule has 0 aliphatic heterocycles. The number of amides is 3. The van der Waals surface area contributed by atoms with Crippen molar-refractivity contribution in [1.82, 2.24) is 5.32 Å². The molecule has 0 fully saturated rings. The number of ether oxygens (including phenoxy) is 2. The number of primary amides is 1. The van der Waals surface area contributed by atoms with Gasteiger partial charge in [0, 0.05) is 19.0 Å². The van der Waals surface area contributed by atoms with Gasteiger partial charge >= 0.3 is 0 Å². The second-order valence-electron chi connectivity index (χ2n) is 6.18. The molecule has 0 unspecified atom stereocenters. The summed E-state index contributed by atoms with van der Waals surface area (Å²) in [7, 11) is 1.56. The Hall–Kier alpha value is -3.81. The van der Waals surface area contributed by atoms with Gasteiger partial charge < -0.3 is 25.8 Å². The van der Waals surface area contributed by atoms with E-state index in [-0.39, 0.29) is 18.5 Å². The van der Waals surface area contributed by atoms with Crippen LogP contribution >= 0.6 is 0 Å².